The van der Waals surface area contributed by atoms with Crippen LogP contribution < -0.4 is 15.4 Å². The van der Waals surface area contributed by atoms with Crippen molar-refractivity contribution in [2.75, 3.05) is 11.9 Å². The quantitative estimate of drug-likeness (QED) is 0.644. The number of carbonyl (C=O) groups is 1. The molecule has 0 atom stereocenters. The first-order valence-electron chi connectivity index (χ1n) is 8.43. The summed E-state index contributed by atoms with van der Waals surface area (Å²) in [6.07, 6.45) is 0. The molecule has 1 aromatic heterocycles. The smallest absolute Gasteiger partial charge is 0.271 e. The third kappa shape index (κ3) is 4.83. The van der Waals surface area contributed by atoms with E-state index in [1.165, 1.54) is 16.9 Å². The van der Waals surface area contributed by atoms with Gasteiger partial charge in [-0.2, -0.15) is 0 Å². The number of hydrogen-bond acceptors (Lipinski definition) is 5. The van der Waals surface area contributed by atoms with Gasteiger partial charge in [-0.05, 0) is 43.7 Å². The molecule has 0 aliphatic rings. The van der Waals surface area contributed by atoms with Gasteiger partial charge in [-0.15, -0.1) is 11.3 Å². The minimum atomic E-state index is -0.179. The number of nitrogens with zero attached hydrogens (tertiary/aromatic N) is 1. The van der Waals surface area contributed by atoms with E-state index in [-0.39, 0.29) is 5.91 Å². The highest BCUT2D eigenvalue weighted by Gasteiger charge is 2.10. The van der Waals surface area contributed by atoms with E-state index in [2.05, 4.69) is 15.6 Å². The number of benzene rings is 2. The zero-order valence-corrected chi connectivity index (χ0v) is 15.6. The fraction of sp³-hybridized carbons (Fsp3) is 0.200. The molecular formula is C20H21N3O2S. The summed E-state index contributed by atoms with van der Waals surface area (Å²) in [6, 6.07) is 15.7. The van der Waals surface area contributed by atoms with Gasteiger partial charge in [0.1, 0.15) is 11.4 Å². The Hall–Kier alpha value is -2.86. The van der Waals surface area contributed by atoms with E-state index in [4.69, 9.17) is 4.74 Å². The Kier molecular flexibility index (Phi) is 5.86. The standard InChI is InChI=1S/C20H21N3O2S/c1-3-25-17-10-8-16(9-11-17)22-20-23-18(13-26-20)19(24)21-12-15-6-4-14(2)5-7-15/h4-11,13H,3,12H2,1-2H3,(H,21,24)(H,22,23). The lowest BCUT2D eigenvalue weighted by atomic mass is 10.1. The molecule has 1 amide bonds. The van der Waals surface area contributed by atoms with Crippen LogP contribution in [0.3, 0.4) is 0 Å². The van der Waals surface area contributed by atoms with Gasteiger partial charge in [0.05, 0.1) is 6.61 Å². The average molecular weight is 367 g/mol. The number of thiazole rings is 1. The van der Waals surface area contributed by atoms with Crippen molar-refractivity contribution in [3.8, 4) is 5.75 Å². The average Bonchev–Trinajstić information content (AvgIpc) is 3.11. The molecule has 3 rings (SSSR count). The number of carbonyl (C=O) groups excluding carboxylic acids is 1. The number of aromatic nitrogens is 1. The molecule has 2 aromatic carbocycles. The molecule has 2 N–H and O–H groups in total. The van der Waals surface area contributed by atoms with Crippen LogP contribution in [-0.2, 0) is 6.54 Å². The second-order valence-electron chi connectivity index (χ2n) is 5.79. The fourth-order valence-corrected chi connectivity index (χ4v) is 3.05. The van der Waals surface area contributed by atoms with E-state index in [0.717, 1.165) is 17.0 Å². The van der Waals surface area contributed by atoms with Crippen LogP contribution in [0.25, 0.3) is 0 Å². The normalized spacial score (nSPS) is 10.4. The molecule has 6 heteroatoms. The van der Waals surface area contributed by atoms with E-state index in [9.17, 15) is 4.79 Å². The first kappa shape index (κ1) is 17.9. The SMILES string of the molecule is CCOc1ccc(Nc2nc(C(=O)NCc3ccc(C)cc3)cs2)cc1. The van der Waals surface area contributed by atoms with E-state index >= 15 is 0 Å². The predicted octanol–water partition coefficient (Wildman–Crippen LogP) is 4.52. The second kappa shape index (κ2) is 8.49. The molecular weight excluding hydrogens is 346 g/mol. The van der Waals surface area contributed by atoms with Gasteiger partial charge in [0.15, 0.2) is 5.13 Å². The van der Waals surface area contributed by atoms with Crippen LogP contribution in [0.4, 0.5) is 10.8 Å². The summed E-state index contributed by atoms with van der Waals surface area (Å²) in [7, 11) is 0. The second-order valence-corrected chi connectivity index (χ2v) is 6.65. The summed E-state index contributed by atoms with van der Waals surface area (Å²) >= 11 is 1.40. The van der Waals surface area contributed by atoms with Crippen molar-refractivity contribution in [2.45, 2.75) is 20.4 Å². The van der Waals surface area contributed by atoms with Crippen molar-refractivity contribution in [3.05, 3.63) is 70.7 Å². The number of hydrogen-bond donors (Lipinski definition) is 2. The molecule has 134 valence electrons. The van der Waals surface area contributed by atoms with Gasteiger partial charge < -0.3 is 15.4 Å². The van der Waals surface area contributed by atoms with E-state index < -0.39 is 0 Å². The molecule has 3 aromatic rings. The maximum Gasteiger partial charge on any atom is 0.271 e. The van der Waals surface area contributed by atoms with Gasteiger partial charge in [0.2, 0.25) is 0 Å². The zero-order chi connectivity index (χ0) is 18.4. The number of nitrogens with one attached hydrogen (secondary N) is 2. The lowest BCUT2D eigenvalue weighted by Gasteiger charge is -2.05. The lowest BCUT2D eigenvalue weighted by Crippen LogP contribution is -2.23. The van der Waals surface area contributed by atoms with Crippen LogP contribution in [-0.4, -0.2) is 17.5 Å². The zero-order valence-electron chi connectivity index (χ0n) is 14.8. The first-order valence-corrected chi connectivity index (χ1v) is 9.31. The van der Waals surface area contributed by atoms with Gasteiger partial charge in [-0.3, -0.25) is 4.79 Å². The Morgan fingerprint density at radius 3 is 2.54 bits per heavy atom. The van der Waals surface area contributed by atoms with Crippen molar-refractivity contribution in [1.29, 1.82) is 0 Å². The molecule has 1 heterocycles. The minimum Gasteiger partial charge on any atom is -0.494 e. The first-order chi connectivity index (χ1) is 12.6. The fourth-order valence-electron chi connectivity index (χ4n) is 2.34. The number of aryl methyl sites for hydroxylation is 1. The van der Waals surface area contributed by atoms with Crippen molar-refractivity contribution >= 4 is 28.1 Å². The molecule has 0 radical (unpaired) electrons. The summed E-state index contributed by atoms with van der Waals surface area (Å²) in [6.45, 7) is 5.11. The number of rotatable bonds is 7. The monoisotopic (exact) mass is 367 g/mol. The van der Waals surface area contributed by atoms with Gasteiger partial charge >= 0.3 is 0 Å². The van der Waals surface area contributed by atoms with Gasteiger partial charge in [-0.1, -0.05) is 29.8 Å². The van der Waals surface area contributed by atoms with E-state index in [1.807, 2.05) is 62.4 Å². The van der Waals surface area contributed by atoms with Crippen molar-refractivity contribution in [2.24, 2.45) is 0 Å². The van der Waals surface area contributed by atoms with Crippen molar-refractivity contribution in [3.63, 3.8) is 0 Å². The maximum absolute atomic E-state index is 12.3. The highest BCUT2D eigenvalue weighted by atomic mass is 32.1. The molecule has 26 heavy (non-hydrogen) atoms. The summed E-state index contributed by atoms with van der Waals surface area (Å²) in [5, 5.41) is 8.52. The Morgan fingerprint density at radius 2 is 1.85 bits per heavy atom. The van der Waals surface area contributed by atoms with E-state index in [1.54, 1.807) is 5.38 Å². The summed E-state index contributed by atoms with van der Waals surface area (Å²) in [4.78, 5) is 16.6. The molecule has 5 nitrogen and oxygen atoms in total. The number of amides is 1. The molecule has 0 spiro atoms. The van der Waals surface area contributed by atoms with Crippen LogP contribution >= 0.6 is 11.3 Å². The molecule has 0 aliphatic heterocycles. The summed E-state index contributed by atoms with van der Waals surface area (Å²) < 4.78 is 5.42. The highest BCUT2D eigenvalue weighted by molar-refractivity contribution is 7.14. The van der Waals surface area contributed by atoms with Crippen LogP contribution in [0.1, 0.15) is 28.5 Å². The maximum atomic E-state index is 12.3. The van der Waals surface area contributed by atoms with Crippen molar-refractivity contribution in [1.82, 2.24) is 10.3 Å². The molecule has 0 aliphatic carbocycles. The van der Waals surface area contributed by atoms with E-state index in [0.29, 0.717) is 24.0 Å². The van der Waals surface area contributed by atoms with Crippen molar-refractivity contribution < 1.29 is 9.53 Å². The predicted molar refractivity (Wildman–Crippen MR) is 105 cm³/mol. The molecule has 0 saturated carbocycles. The largest absolute Gasteiger partial charge is 0.494 e. The highest BCUT2D eigenvalue weighted by Crippen LogP contribution is 2.23. The molecule has 0 unspecified atom stereocenters. The molecule has 0 bridgehead atoms. The third-order valence-electron chi connectivity index (χ3n) is 3.73. The van der Waals surface area contributed by atoms with Crippen LogP contribution in [0.2, 0.25) is 0 Å². The third-order valence-corrected chi connectivity index (χ3v) is 4.48. The number of ether oxygens (including phenoxy) is 1. The lowest BCUT2D eigenvalue weighted by molar-refractivity contribution is 0.0946. The Labute approximate surface area is 157 Å². The summed E-state index contributed by atoms with van der Waals surface area (Å²) in [5.41, 5.74) is 3.57. The topological polar surface area (TPSA) is 63.2 Å². The van der Waals surface area contributed by atoms with Gasteiger partial charge in [0.25, 0.3) is 5.91 Å². The summed E-state index contributed by atoms with van der Waals surface area (Å²) in [5.74, 6) is 0.648. The Balaban J connectivity index is 1.56. The number of anilines is 2. The van der Waals surface area contributed by atoms with Gasteiger partial charge in [0, 0.05) is 17.6 Å². The Bertz CT molecular complexity index is 858. The van der Waals surface area contributed by atoms with Crippen LogP contribution in [0, 0.1) is 6.92 Å². The Morgan fingerprint density at radius 1 is 1.12 bits per heavy atom. The minimum absolute atomic E-state index is 0.179. The molecule has 0 fully saturated rings. The van der Waals surface area contributed by atoms with Crippen LogP contribution in [0.5, 0.6) is 5.75 Å². The van der Waals surface area contributed by atoms with Gasteiger partial charge in [-0.25, -0.2) is 4.98 Å². The van der Waals surface area contributed by atoms with Crippen LogP contribution in [0.15, 0.2) is 53.9 Å². The molecule has 0 saturated heterocycles.